The van der Waals surface area contributed by atoms with Crippen LogP contribution in [0, 0.1) is 5.92 Å². The Kier molecular flexibility index (Phi) is 1.16. The number of fused-ring (bicyclic) bond motifs is 1. The fourth-order valence-electron chi connectivity index (χ4n) is 1.51. The molecule has 54 valence electrons. The Morgan fingerprint density at radius 1 is 1.50 bits per heavy atom. The number of hydrogen-bond acceptors (Lipinski definition) is 2. The summed E-state index contributed by atoms with van der Waals surface area (Å²) in [6.45, 7) is 0. The molecule has 1 fully saturated rings. The molecular formula is C7H10N2O. The minimum absolute atomic E-state index is 0.131. The van der Waals surface area contributed by atoms with Crippen LogP contribution in [0.2, 0.25) is 0 Å². The summed E-state index contributed by atoms with van der Waals surface area (Å²) in [6.07, 6.45) is 5.35. The topological polar surface area (TPSA) is 41.1 Å². The molecular weight excluding hydrogens is 128 g/mol. The van der Waals surface area contributed by atoms with E-state index >= 15 is 0 Å². The molecule has 2 N–H and O–H groups in total. The van der Waals surface area contributed by atoms with Crippen LogP contribution in [0.4, 0.5) is 0 Å². The number of allylic oxidation sites excluding steroid dienone is 1. The summed E-state index contributed by atoms with van der Waals surface area (Å²) >= 11 is 0. The van der Waals surface area contributed by atoms with Crippen molar-refractivity contribution in [1.29, 1.82) is 0 Å². The van der Waals surface area contributed by atoms with Crippen molar-refractivity contribution < 1.29 is 4.79 Å². The van der Waals surface area contributed by atoms with E-state index in [1.54, 1.807) is 0 Å². The van der Waals surface area contributed by atoms with Crippen molar-refractivity contribution in [2.24, 2.45) is 5.92 Å². The number of hydrazine groups is 1. The Morgan fingerprint density at radius 2 is 2.40 bits per heavy atom. The highest BCUT2D eigenvalue weighted by atomic mass is 16.2. The van der Waals surface area contributed by atoms with Gasteiger partial charge in [-0.2, -0.15) is 0 Å². The first-order chi connectivity index (χ1) is 4.88. The quantitative estimate of drug-likeness (QED) is 0.505. The summed E-state index contributed by atoms with van der Waals surface area (Å²) in [5.74, 6) is 0.264. The van der Waals surface area contributed by atoms with Gasteiger partial charge in [0.25, 0.3) is 0 Å². The van der Waals surface area contributed by atoms with Gasteiger partial charge in [0.1, 0.15) is 0 Å². The molecule has 2 aliphatic rings. The fraction of sp³-hybridized carbons (Fsp3) is 0.571. The van der Waals surface area contributed by atoms with Crippen molar-refractivity contribution in [2.45, 2.75) is 19.3 Å². The summed E-state index contributed by atoms with van der Waals surface area (Å²) in [7, 11) is 0. The van der Waals surface area contributed by atoms with Crippen LogP contribution in [-0.2, 0) is 4.79 Å². The molecule has 1 atom stereocenters. The van der Waals surface area contributed by atoms with Crippen molar-refractivity contribution in [2.75, 3.05) is 0 Å². The average Bonchev–Trinajstić information content (AvgIpc) is 2.34. The molecule has 0 aromatic carbocycles. The van der Waals surface area contributed by atoms with Crippen LogP contribution in [0.15, 0.2) is 11.8 Å². The van der Waals surface area contributed by atoms with Crippen molar-refractivity contribution in [3.8, 4) is 0 Å². The lowest BCUT2D eigenvalue weighted by molar-refractivity contribution is -0.122. The SMILES string of the molecule is O=C1NNC2=CCCCC12. The van der Waals surface area contributed by atoms with E-state index < -0.39 is 0 Å². The van der Waals surface area contributed by atoms with Gasteiger partial charge in [0.15, 0.2) is 0 Å². The maximum atomic E-state index is 11.0. The lowest BCUT2D eigenvalue weighted by atomic mass is 9.93. The third-order valence-electron chi connectivity index (χ3n) is 2.08. The summed E-state index contributed by atoms with van der Waals surface area (Å²) in [4.78, 5) is 11.0. The maximum absolute atomic E-state index is 11.0. The molecule has 0 bridgehead atoms. The predicted octanol–water partition coefficient (Wildman–Crippen LogP) is 0.305. The van der Waals surface area contributed by atoms with E-state index in [4.69, 9.17) is 0 Å². The molecule has 1 aliphatic heterocycles. The minimum atomic E-state index is 0.131. The molecule has 0 aromatic heterocycles. The number of carbonyl (C=O) groups is 1. The van der Waals surface area contributed by atoms with E-state index in [1.807, 2.05) is 0 Å². The van der Waals surface area contributed by atoms with E-state index in [-0.39, 0.29) is 11.8 Å². The summed E-state index contributed by atoms with van der Waals surface area (Å²) in [5.41, 5.74) is 6.55. The smallest absolute Gasteiger partial charge is 0.247 e. The van der Waals surface area contributed by atoms with Gasteiger partial charge in [0.2, 0.25) is 5.91 Å². The number of rotatable bonds is 0. The highest BCUT2D eigenvalue weighted by Crippen LogP contribution is 2.25. The molecule has 3 nitrogen and oxygen atoms in total. The van der Waals surface area contributed by atoms with Gasteiger partial charge in [-0.25, -0.2) is 0 Å². The zero-order valence-electron chi connectivity index (χ0n) is 5.68. The Hall–Kier alpha value is -0.990. The van der Waals surface area contributed by atoms with Gasteiger partial charge in [-0.05, 0) is 19.3 Å². The molecule has 1 heterocycles. The van der Waals surface area contributed by atoms with E-state index in [2.05, 4.69) is 16.9 Å². The van der Waals surface area contributed by atoms with Gasteiger partial charge in [-0.1, -0.05) is 6.08 Å². The van der Waals surface area contributed by atoms with E-state index in [0.29, 0.717) is 0 Å². The molecule has 1 aliphatic carbocycles. The zero-order chi connectivity index (χ0) is 6.97. The van der Waals surface area contributed by atoms with Crippen LogP contribution in [0.1, 0.15) is 19.3 Å². The number of carbonyl (C=O) groups excluding carboxylic acids is 1. The number of amides is 1. The van der Waals surface area contributed by atoms with Gasteiger partial charge in [-0.15, -0.1) is 0 Å². The van der Waals surface area contributed by atoms with Crippen LogP contribution in [-0.4, -0.2) is 5.91 Å². The molecule has 2 rings (SSSR count). The standard InChI is InChI=1S/C7H10N2O/c10-7-5-3-1-2-4-6(5)8-9-7/h4-5,8H,1-3H2,(H,9,10). The van der Waals surface area contributed by atoms with E-state index in [1.165, 1.54) is 0 Å². The van der Waals surface area contributed by atoms with Gasteiger partial charge in [0, 0.05) is 5.70 Å². The Labute approximate surface area is 59.5 Å². The Morgan fingerprint density at radius 3 is 3.20 bits per heavy atom. The molecule has 0 spiro atoms. The first kappa shape index (κ1) is 5.77. The third kappa shape index (κ3) is 0.701. The molecule has 0 saturated carbocycles. The lowest BCUT2D eigenvalue weighted by Gasteiger charge is -2.11. The van der Waals surface area contributed by atoms with Gasteiger partial charge < -0.3 is 5.43 Å². The Balaban J connectivity index is 2.25. The molecule has 0 aromatic rings. The van der Waals surface area contributed by atoms with E-state index in [0.717, 1.165) is 25.0 Å². The Bertz CT molecular complexity index is 198. The molecule has 1 amide bonds. The monoisotopic (exact) mass is 138 g/mol. The van der Waals surface area contributed by atoms with Gasteiger partial charge >= 0.3 is 0 Å². The van der Waals surface area contributed by atoms with Crippen LogP contribution in [0.5, 0.6) is 0 Å². The second kappa shape index (κ2) is 2.01. The normalized spacial score (nSPS) is 30.2. The molecule has 3 heteroatoms. The number of nitrogens with one attached hydrogen (secondary N) is 2. The van der Waals surface area contributed by atoms with Gasteiger partial charge in [0.05, 0.1) is 5.92 Å². The maximum Gasteiger partial charge on any atom is 0.247 e. The molecule has 0 radical (unpaired) electrons. The van der Waals surface area contributed by atoms with Crippen molar-refractivity contribution in [3.05, 3.63) is 11.8 Å². The third-order valence-corrected chi connectivity index (χ3v) is 2.08. The average molecular weight is 138 g/mol. The fourth-order valence-corrected chi connectivity index (χ4v) is 1.51. The summed E-state index contributed by atoms with van der Waals surface area (Å²) in [5, 5.41) is 0. The van der Waals surface area contributed by atoms with Crippen molar-refractivity contribution >= 4 is 5.91 Å². The molecule has 1 unspecified atom stereocenters. The van der Waals surface area contributed by atoms with Crippen LogP contribution in [0.3, 0.4) is 0 Å². The molecule has 10 heavy (non-hydrogen) atoms. The second-order valence-corrected chi connectivity index (χ2v) is 2.76. The van der Waals surface area contributed by atoms with E-state index in [9.17, 15) is 4.79 Å². The van der Waals surface area contributed by atoms with Crippen molar-refractivity contribution in [3.63, 3.8) is 0 Å². The minimum Gasteiger partial charge on any atom is -0.302 e. The second-order valence-electron chi connectivity index (χ2n) is 2.76. The lowest BCUT2D eigenvalue weighted by Crippen LogP contribution is -2.25. The largest absolute Gasteiger partial charge is 0.302 e. The van der Waals surface area contributed by atoms with Crippen LogP contribution in [0.25, 0.3) is 0 Å². The van der Waals surface area contributed by atoms with Gasteiger partial charge in [-0.3, -0.25) is 10.2 Å². The van der Waals surface area contributed by atoms with Crippen molar-refractivity contribution in [1.82, 2.24) is 10.9 Å². The highest BCUT2D eigenvalue weighted by molar-refractivity contribution is 5.83. The highest BCUT2D eigenvalue weighted by Gasteiger charge is 2.30. The predicted molar refractivity (Wildman–Crippen MR) is 36.7 cm³/mol. The summed E-state index contributed by atoms with van der Waals surface area (Å²) < 4.78 is 0. The first-order valence-electron chi connectivity index (χ1n) is 3.64. The van der Waals surface area contributed by atoms with Crippen LogP contribution < -0.4 is 10.9 Å². The zero-order valence-corrected chi connectivity index (χ0v) is 5.68. The van der Waals surface area contributed by atoms with Crippen LogP contribution >= 0.6 is 0 Å². The number of hydrogen-bond donors (Lipinski definition) is 2. The molecule has 1 saturated heterocycles. The summed E-state index contributed by atoms with van der Waals surface area (Å²) in [6, 6.07) is 0. The first-order valence-corrected chi connectivity index (χ1v) is 3.64.